The van der Waals surface area contributed by atoms with E-state index in [-0.39, 0.29) is 18.9 Å². The summed E-state index contributed by atoms with van der Waals surface area (Å²) in [4.78, 5) is 24.0. The van der Waals surface area contributed by atoms with Gasteiger partial charge in [0.25, 0.3) is 0 Å². The number of benzene rings is 1. The Kier molecular flexibility index (Phi) is 5.10. The molecule has 0 aliphatic carbocycles. The number of esters is 1. The van der Waals surface area contributed by atoms with Gasteiger partial charge in [-0.05, 0) is 24.8 Å². The topological polar surface area (TPSA) is 63.6 Å². The molecule has 0 heterocycles. The molecule has 0 fully saturated rings. The fraction of sp³-hybridized carbons (Fsp3) is 0.467. The number of ether oxygens (including phenoxy) is 1. The predicted molar refractivity (Wildman–Crippen MR) is 71.8 cm³/mol. The third-order valence-corrected chi connectivity index (χ3v) is 2.97. The molecule has 4 heteroatoms. The predicted octanol–water partition coefficient (Wildman–Crippen LogP) is 2.62. The zero-order valence-corrected chi connectivity index (χ0v) is 11.6. The highest BCUT2D eigenvalue weighted by molar-refractivity contribution is 6.05. The summed E-state index contributed by atoms with van der Waals surface area (Å²) in [6.45, 7) is 5.61. The number of carbonyl (C=O) groups excluding carboxylic acids is 1. The van der Waals surface area contributed by atoms with Gasteiger partial charge in [0.2, 0.25) is 0 Å². The summed E-state index contributed by atoms with van der Waals surface area (Å²) in [5, 5.41) is 9.62. The molecule has 0 radical (unpaired) electrons. The number of hydrogen-bond donors (Lipinski definition) is 1. The van der Waals surface area contributed by atoms with Crippen molar-refractivity contribution in [3.63, 3.8) is 0 Å². The minimum Gasteiger partial charge on any atom is -0.480 e. The van der Waals surface area contributed by atoms with Crippen LogP contribution in [0.5, 0.6) is 0 Å². The number of rotatable bonds is 6. The summed E-state index contributed by atoms with van der Waals surface area (Å²) in [6.07, 6.45) is 0.213. The monoisotopic (exact) mass is 264 g/mol. The Morgan fingerprint density at radius 1 is 1.26 bits per heavy atom. The lowest BCUT2D eigenvalue weighted by Crippen LogP contribution is -2.46. The van der Waals surface area contributed by atoms with Crippen LogP contribution in [-0.4, -0.2) is 23.7 Å². The molecule has 104 valence electrons. The van der Waals surface area contributed by atoms with Crippen LogP contribution in [0.1, 0.15) is 32.8 Å². The summed E-state index contributed by atoms with van der Waals surface area (Å²) in [5.41, 5.74) is -1.15. The van der Waals surface area contributed by atoms with E-state index in [9.17, 15) is 14.7 Å². The molecule has 1 unspecified atom stereocenters. The maximum absolute atomic E-state index is 12.2. The molecule has 1 atom stereocenters. The Morgan fingerprint density at radius 3 is 2.26 bits per heavy atom. The first-order valence-electron chi connectivity index (χ1n) is 6.41. The van der Waals surface area contributed by atoms with Gasteiger partial charge in [-0.25, -0.2) is 0 Å². The van der Waals surface area contributed by atoms with E-state index < -0.39 is 17.4 Å². The molecule has 1 aromatic rings. The minimum atomic E-state index is -1.62. The van der Waals surface area contributed by atoms with E-state index in [0.29, 0.717) is 5.56 Å². The third-order valence-electron chi connectivity index (χ3n) is 2.97. The van der Waals surface area contributed by atoms with Crippen molar-refractivity contribution in [2.24, 2.45) is 5.92 Å². The van der Waals surface area contributed by atoms with Gasteiger partial charge in [0.1, 0.15) is 0 Å². The lowest BCUT2D eigenvalue weighted by Gasteiger charge is -2.29. The Hall–Kier alpha value is -1.84. The van der Waals surface area contributed by atoms with Gasteiger partial charge < -0.3 is 9.84 Å². The van der Waals surface area contributed by atoms with Crippen LogP contribution in [-0.2, 0) is 19.7 Å². The van der Waals surface area contributed by atoms with Crippen molar-refractivity contribution in [1.82, 2.24) is 0 Å². The quantitative estimate of drug-likeness (QED) is 0.633. The molecule has 0 bridgehead atoms. The van der Waals surface area contributed by atoms with Gasteiger partial charge >= 0.3 is 11.9 Å². The largest absolute Gasteiger partial charge is 0.480 e. The van der Waals surface area contributed by atoms with Crippen molar-refractivity contribution in [2.45, 2.75) is 32.6 Å². The molecule has 19 heavy (non-hydrogen) atoms. The van der Waals surface area contributed by atoms with E-state index >= 15 is 0 Å². The smallest absolute Gasteiger partial charge is 0.328 e. The summed E-state index contributed by atoms with van der Waals surface area (Å²) in [6, 6.07) is 8.57. The van der Waals surface area contributed by atoms with Gasteiger partial charge in [-0.1, -0.05) is 44.2 Å². The molecular formula is C15H20O4. The maximum Gasteiger partial charge on any atom is 0.328 e. The number of carboxylic acid groups (broad SMARTS) is 1. The average Bonchev–Trinajstić information content (AvgIpc) is 2.36. The van der Waals surface area contributed by atoms with Gasteiger partial charge in [0, 0.05) is 0 Å². The fourth-order valence-electron chi connectivity index (χ4n) is 2.21. The lowest BCUT2D eigenvalue weighted by atomic mass is 9.74. The summed E-state index contributed by atoms with van der Waals surface area (Å²) in [5.74, 6) is -1.80. The first-order chi connectivity index (χ1) is 8.95. The van der Waals surface area contributed by atoms with Crippen LogP contribution in [0.15, 0.2) is 30.3 Å². The molecule has 1 N–H and O–H groups in total. The molecule has 0 aliphatic heterocycles. The first-order valence-corrected chi connectivity index (χ1v) is 6.41. The Bertz CT molecular complexity index is 439. The zero-order chi connectivity index (χ0) is 14.5. The van der Waals surface area contributed by atoms with Crippen molar-refractivity contribution >= 4 is 11.9 Å². The molecule has 0 aromatic heterocycles. The molecular weight excluding hydrogens is 244 g/mol. The molecule has 1 aromatic carbocycles. The van der Waals surface area contributed by atoms with Crippen LogP contribution in [0.25, 0.3) is 0 Å². The highest BCUT2D eigenvalue weighted by Gasteiger charge is 2.49. The molecule has 0 saturated carbocycles. The van der Waals surface area contributed by atoms with E-state index in [0.717, 1.165) is 0 Å². The number of hydrogen-bond acceptors (Lipinski definition) is 3. The van der Waals surface area contributed by atoms with Crippen molar-refractivity contribution in [3.8, 4) is 0 Å². The highest BCUT2D eigenvalue weighted by Crippen LogP contribution is 2.33. The van der Waals surface area contributed by atoms with Crippen LogP contribution < -0.4 is 0 Å². The van der Waals surface area contributed by atoms with E-state index in [4.69, 9.17) is 4.74 Å². The summed E-state index contributed by atoms with van der Waals surface area (Å²) < 4.78 is 5.00. The third kappa shape index (κ3) is 3.13. The van der Waals surface area contributed by atoms with Crippen LogP contribution in [0, 0.1) is 5.92 Å². The van der Waals surface area contributed by atoms with Crippen LogP contribution in [0.4, 0.5) is 0 Å². The van der Waals surface area contributed by atoms with E-state index in [1.807, 2.05) is 13.8 Å². The van der Waals surface area contributed by atoms with Crippen LogP contribution in [0.3, 0.4) is 0 Å². The SMILES string of the molecule is CCOC(=O)C(CC(C)C)(C(=O)O)c1ccccc1. The molecule has 0 spiro atoms. The molecule has 0 aliphatic rings. The molecule has 4 nitrogen and oxygen atoms in total. The second kappa shape index (κ2) is 6.36. The molecule has 0 saturated heterocycles. The molecule has 1 rings (SSSR count). The van der Waals surface area contributed by atoms with E-state index in [1.54, 1.807) is 37.3 Å². The summed E-state index contributed by atoms with van der Waals surface area (Å²) in [7, 11) is 0. The van der Waals surface area contributed by atoms with E-state index in [2.05, 4.69) is 0 Å². The second-order valence-electron chi connectivity index (χ2n) is 4.89. The van der Waals surface area contributed by atoms with Gasteiger partial charge in [-0.3, -0.25) is 9.59 Å². The van der Waals surface area contributed by atoms with Crippen LogP contribution >= 0.6 is 0 Å². The maximum atomic E-state index is 12.2. The fourth-order valence-corrected chi connectivity index (χ4v) is 2.21. The number of carboxylic acids is 1. The Labute approximate surface area is 113 Å². The Morgan fingerprint density at radius 2 is 1.84 bits per heavy atom. The number of carbonyl (C=O) groups is 2. The van der Waals surface area contributed by atoms with Gasteiger partial charge in [-0.15, -0.1) is 0 Å². The van der Waals surface area contributed by atoms with Crippen molar-refractivity contribution in [1.29, 1.82) is 0 Å². The van der Waals surface area contributed by atoms with Crippen molar-refractivity contribution in [3.05, 3.63) is 35.9 Å². The standard InChI is InChI=1S/C15H20O4/c1-4-19-14(18)15(13(16)17,10-11(2)3)12-8-6-5-7-9-12/h5-9,11H,4,10H2,1-3H3,(H,16,17). The Balaban J connectivity index is 3.35. The van der Waals surface area contributed by atoms with Gasteiger partial charge in [0.05, 0.1) is 6.61 Å². The summed E-state index contributed by atoms with van der Waals surface area (Å²) >= 11 is 0. The van der Waals surface area contributed by atoms with Crippen molar-refractivity contribution in [2.75, 3.05) is 6.61 Å². The average molecular weight is 264 g/mol. The first kappa shape index (κ1) is 15.2. The highest BCUT2D eigenvalue weighted by atomic mass is 16.5. The van der Waals surface area contributed by atoms with Gasteiger partial charge in [0.15, 0.2) is 5.41 Å². The zero-order valence-electron chi connectivity index (χ0n) is 11.6. The normalized spacial score (nSPS) is 13.9. The van der Waals surface area contributed by atoms with E-state index in [1.165, 1.54) is 0 Å². The number of aliphatic carboxylic acids is 1. The second-order valence-corrected chi connectivity index (χ2v) is 4.89. The van der Waals surface area contributed by atoms with Crippen molar-refractivity contribution < 1.29 is 19.4 Å². The van der Waals surface area contributed by atoms with Crippen LogP contribution in [0.2, 0.25) is 0 Å². The van der Waals surface area contributed by atoms with Gasteiger partial charge in [-0.2, -0.15) is 0 Å². The lowest BCUT2D eigenvalue weighted by molar-refractivity contribution is -0.162. The molecule has 0 amide bonds. The minimum absolute atomic E-state index is 0.0562.